The molecule has 7 nitrogen and oxygen atoms in total. The lowest BCUT2D eigenvalue weighted by molar-refractivity contribution is 0.641. The Morgan fingerprint density at radius 2 is 1.50 bits per heavy atom. The van der Waals surface area contributed by atoms with Gasteiger partial charge >= 0.3 is 0 Å². The quantitative estimate of drug-likeness (QED) is 0.529. The highest BCUT2D eigenvalue weighted by Gasteiger charge is 2.23. The molecule has 2 N–H and O–H groups in total. The van der Waals surface area contributed by atoms with Crippen LogP contribution < -0.4 is 15.5 Å². The second-order valence-corrected chi connectivity index (χ2v) is 8.67. The average Bonchev–Trinajstić information content (AvgIpc) is 3.12. The van der Waals surface area contributed by atoms with Gasteiger partial charge in [0.1, 0.15) is 5.82 Å². The van der Waals surface area contributed by atoms with Gasteiger partial charge in [0.15, 0.2) is 5.65 Å². The molecule has 0 aliphatic carbocycles. The third-order valence-electron chi connectivity index (χ3n) is 6.26. The first kappa shape index (κ1) is 20.3. The van der Waals surface area contributed by atoms with Crippen LogP contribution in [-0.2, 0) is 7.05 Å². The Balaban J connectivity index is 1.49. The van der Waals surface area contributed by atoms with Crippen LogP contribution in [0.2, 0.25) is 0 Å². The van der Waals surface area contributed by atoms with E-state index in [0.717, 1.165) is 42.8 Å². The topological polar surface area (TPSA) is 76.1 Å². The number of piperazine rings is 1. The van der Waals surface area contributed by atoms with Gasteiger partial charge in [-0.1, -0.05) is 56.3 Å². The van der Waals surface area contributed by atoms with Gasteiger partial charge < -0.3 is 15.5 Å². The largest absolute Gasteiger partial charge is 0.383 e. The Labute approximate surface area is 188 Å². The minimum absolute atomic E-state index is 0.481. The van der Waals surface area contributed by atoms with Crippen LogP contribution in [0.4, 0.5) is 17.5 Å². The van der Waals surface area contributed by atoms with Crippen LogP contribution in [0.15, 0.2) is 54.6 Å². The summed E-state index contributed by atoms with van der Waals surface area (Å²) >= 11 is 0. The molecule has 1 aliphatic rings. The van der Waals surface area contributed by atoms with E-state index in [1.165, 1.54) is 11.3 Å². The van der Waals surface area contributed by atoms with E-state index >= 15 is 0 Å². The van der Waals surface area contributed by atoms with Crippen molar-refractivity contribution in [1.29, 1.82) is 0 Å². The van der Waals surface area contributed by atoms with Crippen molar-refractivity contribution in [3.8, 4) is 11.3 Å². The van der Waals surface area contributed by atoms with Crippen LogP contribution in [0.25, 0.3) is 22.3 Å². The summed E-state index contributed by atoms with van der Waals surface area (Å²) in [5.74, 6) is 1.78. The summed E-state index contributed by atoms with van der Waals surface area (Å²) in [5, 5.41) is 5.38. The van der Waals surface area contributed by atoms with E-state index in [-0.39, 0.29) is 0 Å². The number of para-hydroxylation sites is 1. The van der Waals surface area contributed by atoms with Gasteiger partial charge in [0, 0.05) is 44.5 Å². The van der Waals surface area contributed by atoms with Crippen molar-refractivity contribution in [3.05, 3.63) is 60.2 Å². The molecule has 1 saturated heterocycles. The van der Waals surface area contributed by atoms with E-state index < -0.39 is 0 Å². The normalized spacial score (nSPS) is 14.5. The smallest absolute Gasteiger partial charge is 0.228 e. The first-order valence-corrected chi connectivity index (χ1v) is 11.2. The van der Waals surface area contributed by atoms with Crippen molar-refractivity contribution in [3.63, 3.8) is 0 Å². The summed E-state index contributed by atoms with van der Waals surface area (Å²) in [6.07, 6.45) is 0. The van der Waals surface area contributed by atoms with Crippen molar-refractivity contribution in [2.45, 2.75) is 19.8 Å². The summed E-state index contributed by atoms with van der Waals surface area (Å²) in [5.41, 5.74) is 11.4. The number of rotatable bonds is 4. The zero-order valence-electron chi connectivity index (χ0n) is 18.9. The van der Waals surface area contributed by atoms with E-state index in [4.69, 9.17) is 15.7 Å². The SMILES string of the molecule is CC(C)c1ccc(-c2nc(N3CCN(c4ccccc4)CC3)nc3nn(C)c(N)c23)cc1. The Morgan fingerprint density at radius 1 is 0.844 bits per heavy atom. The van der Waals surface area contributed by atoms with Crippen LogP contribution >= 0.6 is 0 Å². The van der Waals surface area contributed by atoms with Gasteiger partial charge in [-0.25, -0.2) is 4.98 Å². The van der Waals surface area contributed by atoms with Crippen LogP contribution in [-0.4, -0.2) is 45.9 Å². The molecule has 7 heteroatoms. The molecule has 4 aromatic rings. The number of aromatic nitrogens is 4. The molecule has 0 saturated carbocycles. The molecule has 2 aromatic heterocycles. The van der Waals surface area contributed by atoms with Gasteiger partial charge in [0.2, 0.25) is 5.95 Å². The minimum Gasteiger partial charge on any atom is -0.383 e. The molecule has 1 aliphatic heterocycles. The number of hydrogen-bond acceptors (Lipinski definition) is 6. The molecule has 0 unspecified atom stereocenters. The molecule has 32 heavy (non-hydrogen) atoms. The fourth-order valence-electron chi connectivity index (χ4n) is 4.28. The Hall–Kier alpha value is -3.61. The lowest BCUT2D eigenvalue weighted by Gasteiger charge is -2.36. The Kier molecular flexibility index (Phi) is 5.17. The molecular weight excluding hydrogens is 398 g/mol. The molecule has 1 fully saturated rings. The van der Waals surface area contributed by atoms with Gasteiger partial charge in [0.25, 0.3) is 0 Å². The fraction of sp³-hybridized carbons (Fsp3) is 0.320. The van der Waals surface area contributed by atoms with Gasteiger partial charge in [0.05, 0.1) is 11.1 Å². The Bertz CT molecular complexity index is 1220. The summed E-state index contributed by atoms with van der Waals surface area (Å²) < 4.78 is 1.68. The van der Waals surface area contributed by atoms with Crippen molar-refractivity contribution in [2.24, 2.45) is 7.05 Å². The number of aryl methyl sites for hydroxylation is 1. The monoisotopic (exact) mass is 427 g/mol. The average molecular weight is 428 g/mol. The third-order valence-corrected chi connectivity index (χ3v) is 6.26. The highest BCUT2D eigenvalue weighted by molar-refractivity contribution is 5.98. The third kappa shape index (κ3) is 3.64. The fourth-order valence-corrected chi connectivity index (χ4v) is 4.28. The maximum absolute atomic E-state index is 6.37. The Morgan fingerprint density at radius 3 is 2.16 bits per heavy atom. The van der Waals surface area contributed by atoms with Gasteiger partial charge in [-0.05, 0) is 23.6 Å². The molecule has 5 rings (SSSR count). The lowest BCUT2D eigenvalue weighted by atomic mass is 10.00. The highest BCUT2D eigenvalue weighted by Crippen LogP contribution is 2.33. The standard InChI is InChI=1S/C25H29N7/c1-17(2)18-9-11-19(12-10-18)22-21-23(26)30(3)29-24(21)28-25(27-22)32-15-13-31(14-16-32)20-7-5-4-6-8-20/h4-12,17H,13-16,26H2,1-3H3. The number of nitrogen functional groups attached to an aromatic ring is 1. The minimum atomic E-state index is 0.481. The van der Waals surface area contributed by atoms with Crippen LogP contribution in [0, 0.1) is 0 Å². The van der Waals surface area contributed by atoms with Gasteiger partial charge in [-0.15, -0.1) is 0 Å². The van der Waals surface area contributed by atoms with Crippen molar-refractivity contribution in [1.82, 2.24) is 19.7 Å². The molecular formula is C25H29N7. The maximum atomic E-state index is 6.37. The summed E-state index contributed by atoms with van der Waals surface area (Å²) in [6.45, 7) is 7.96. The molecule has 0 bridgehead atoms. The zero-order valence-corrected chi connectivity index (χ0v) is 18.9. The number of benzene rings is 2. The first-order chi connectivity index (χ1) is 15.5. The molecule has 3 heterocycles. The predicted octanol–water partition coefficient (Wildman–Crippen LogP) is 4.06. The first-order valence-electron chi connectivity index (χ1n) is 11.2. The van der Waals surface area contributed by atoms with Gasteiger partial charge in [-0.2, -0.15) is 10.1 Å². The van der Waals surface area contributed by atoms with E-state index in [0.29, 0.717) is 23.3 Å². The van der Waals surface area contributed by atoms with Crippen LogP contribution in [0.5, 0.6) is 0 Å². The number of nitrogens with two attached hydrogens (primary N) is 1. The van der Waals surface area contributed by atoms with E-state index in [9.17, 15) is 0 Å². The van der Waals surface area contributed by atoms with Gasteiger partial charge in [-0.3, -0.25) is 4.68 Å². The molecule has 0 radical (unpaired) electrons. The number of hydrogen-bond donors (Lipinski definition) is 1. The van der Waals surface area contributed by atoms with Crippen LogP contribution in [0.3, 0.4) is 0 Å². The number of anilines is 3. The summed E-state index contributed by atoms with van der Waals surface area (Å²) in [6, 6.07) is 19.1. The second-order valence-electron chi connectivity index (χ2n) is 8.67. The summed E-state index contributed by atoms with van der Waals surface area (Å²) in [7, 11) is 1.85. The second kappa shape index (κ2) is 8.15. The van der Waals surface area contributed by atoms with Crippen molar-refractivity contribution < 1.29 is 0 Å². The van der Waals surface area contributed by atoms with Crippen molar-refractivity contribution >= 4 is 28.5 Å². The molecule has 0 amide bonds. The van der Waals surface area contributed by atoms with Crippen LogP contribution in [0.1, 0.15) is 25.3 Å². The van der Waals surface area contributed by atoms with E-state index in [1.54, 1.807) is 4.68 Å². The molecule has 0 spiro atoms. The maximum Gasteiger partial charge on any atom is 0.228 e. The zero-order chi connectivity index (χ0) is 22.2. The lowest BCUT2D eigenvalue weighted by Crippen LogP contribution is -2.47. The number of fused-ring (bicyclic) bond motifs is 1. The number of nitrogens with zero attached hydrogens (tertiary/aromatic N) is 6. The van der Waals surface area contributed by atoms with E-state index in [2.05, 4.69) is 83.3 Å². The van der Waals surface area contributed by atoms with E-state index in [1.807, 2.05) is 7.05 Å². The molecule has 2 aromatic carbocycles. The highest BCUT2D eigenvalue weighted by atomic mass is 15.4. The molecule has 164 valence electrons. The molecule has 0 atom stereocenters. The van der Waals surface area contributed by atoms with Crippen molar-refractivity contribution in [2.75, 3.05) is 41.7 Å². The summed E-state index contributed by atoms with van der Waals surface area (Å²) in [4.78, 5) is 14.4. The predicted molar refractivity (Wildman–Crippen MR) is 131 cm³/mol.